The Bertz CT molecular complexity index is 302. The zero-order valence-corrected chi connectivity index (χ0v) is 9.47. The molecule has 0 saturated carbocycles. The van der Waals surface area contributed by atoms with Crippen LogP contribution in [0.2, 0.25) is 0 Å². The maximum atomic E-state index is 9.74. The smallest absolute Gasteiger partial charge is 0.0602 e. The number of benzene rings is 1. The van der Waals surface area contributed by atoms with E-state index in [0.717, 1.165) is 12.8 Å². The Hall–Kier alpha value is -0.470. The maximum Gasteiger partial charge on any atom is 0.0602 e. The van der Waals surface area contributed by atoms with Gasteiger partial charge in [-0.25, -0.2) is 0 Å². The van der Waals surface area contributed by atoms with Gasteiger partial charge in [0.2, 0.25) is 0 Å². The van der Waals surface area contributed by atoms with Gasteiger partial charge in [-0.05, 0) is 38.3 Å². The maximum absolute atomic E-state index is 9.74. The van der Waals surface area contributed by atoms with Crippen LogP contribution in [-0.4, -0.2) is 16.0 Å². The lowest BCUT2D eigenvalue weighted by Crippen LogP contribution is -2.24. The molecule has 1 heterocycles. The van der Waals surface area contributed by atoms with Crippen LogP contribution < -0.4 is 0 Å². The third kappa shape index (κ3) is 2.31. The van der Waals surface area contributed by atoms with Gasteiger partial charge in [-0.1, -0.05) is 18.2 Å². The zero-order chi connectivity index (χ0) is 10.2. The fourth-order valence-electron chi connectivity index (χ4n) is 1.92. The SMILES string of the molecule is CC(C)(O)CC1Cc2ccccc2S1. The summed E-state index contributed by atoms with van der Waals surface area (Å²) in [6.45, 7) is 3.77. The van der Waals surface area contributed by atoms with Crippen molar-refractivity contribution in [3.8, 4) is 0 Å². The van der Waals surface area contributed by atoms with Crippen LogP contribution in [0.3, 0.4) is 0 Å². The summed E-state index contributed by atoms with van der Waals surface area (Å²) in [5.41, 5.74) is 0.895. The lowest BCUT2D eigenvalue weighted by atomic mass is 9.99. The highest BCUT2D eigenvalue weighted by Crippen LogP contribution is 2.39. The molecule has 1 unspecified atom stereocenters. The Labute approximate surface area is 89.5 Å². The molecule has 1 aromatic rings. The second-order valence-electron chi connectivity index (χ2n) is 4.57. The van der Waals surface area contributed by atoms with Gasteiger partial charge in [-0.3, -0.25) is 0 Å². The van der Waals surface area contributed by atoms with Crippen LogP contribution >= 0.6 is 11.8 Å². The number of fused-ring (bicyclic) bond motifs is 1. The first-order chi connectivity index (χ1) is 6.54. The summed E-state index contributed by atoms with van der Waals surface area (Å²) in [4.78, 5) is 1.39. The lowest BCUT2D eigenvalue weighted by molar-refractivity contribution is 0.0709. The molecule has 1 aromatic carbocycles. The Morgan fingerprint density at radius 3 is 2.79 bits per heavy atom. The van der Waals surface area contributed by atoms with Crippen molar-refractivity contribution in [2.45, 2.75) is 42.4 Å². The molecule has 0 saturated heterocycles. The van der Waals surface area contributed by atoms with Crippen molar-refractivity contribution in [2.24, 2.45) is 0 Å². The highest BCUT2D eigenvalue weighted by atomic mass is 32.2. The van der Waals surface area contributed by atoms with Crippen molar-refractivity contribution < 1.29 is 5.11 Å². The molecule has 1 nitrogen and oxygen atoms in total. The van der Waals surface area contributed by atoms with Crippen LogP contribution in [0.1, 0.15) is 25.8 Å². The van der Waals surface area contributed by atoms with Crippen LogP contribution in [0, 0.1) is 0 Å². The quantitative estimate of drug-likeness (QED) is 0.806. The van der Waals surface area contributed by atoms with Crippen molar-refractivity contribution in [1.82, 2.24) is 0 Å². The van der Waals surface area contributed by atoms with Crippen LogP contribution in [0.4, 0.5) is 0 Å². The lowest BCUT2D eigenvalue weighted by Gasteiger charge is -2.20. The number of hydrogen-bond acceptors (Lipinski definition) is 2. The largest absolute Gasteiger partial charge is 0.390 e. The molecular formula is C12H16OS. The van der Waals surface area contributed by atoms with Gasteiger partial charge < -0.3 is 5.11 Å². The molecule has 76 valence electrons. The number of rotatable bonds is 2. The highest BCUT2D eigenvalue weighted by Gasteiger charge is 2.27. The van der Waals surface area contributed by atoms with E-state index in [1.54, 1.807) is 0 Å². The summed E-state index contributed by atoms with van der Waals surface area (Å²) in [6.07, 6.45) is 1.97. The third-order valence-electron chi connectivity index (χ3n) is 2.44. The van der Waals surface area contributed by atoms with E-state index >= 15 is 0 Å². The van der Waals surface area contributed by atoms with Gasteiger partial charge in [-0.2, -0.15) is 0 Å². The van der Waals surface area contributed by atoms with E-state index in [0.29, 0.717) is 5.25 Å². The van der Waals surface area contributed by atoms with Gasteiger partial charge in [0.15, 0.2) is 0 Å². The second kappa shape index (κ2) is 3.59. The average Bonchev–Trinajstić information content (AvgIpc) is 2.42. The normalized spacial score (nSPS) is 20.9. The summed E-state index contributed by atoms with van der Waals surface area (Å²) < 4.78 is 0. The molecule has 0 aromatic heterocycles. The minimum Gasteiger partial charge on any atom is -0.390 e. The molecule has 0 amide bonds. The molecular weight excluding hydrogens is 192 g/mol. The highest BCUT2D eigenvalue weighted by molar-refractivity contribution is 8.00. The first kappa shape index (κ1) is 10.1. The predicted octanol–water partition coefficient (Wildman–Crippen LogP) is 2.86. The fraction of sp³-hybridized carbons (Fsp3) is 0.500. The standard InChI is InChI=1S/C12H16OS/c1-12(2,13)8-10-7-9-5-3-4-6-11(9)14-10/h3-6,10,13H,7-8H2,1-2H3. The molecule has 1 atom stereocenters. The molecule has 0 aliphatic carbocycles. The summed E-state index contributed by atoms with van der Waals surface area (Å²) in [7, 11) is 0. The molecule has 1 aliphatic rings. The Morgan fingerprint density at radius 1 is 1.43 bits per heavy atom. The van der Waals surface area contributed by atoms with Gasteiger partial charge in [0.05, 0.1) is 5.60 Å². The van der Waals surface area contributed by atoms with Crippen molar-refractivity contribution >= 4 is 11.8 Å². The molecule has 1 N–H and O–H groups in total. The molecule has 0 bridgehead atoms. The van der Waals surface area contributed by atoms with E-state index in [4.69, 9.17) is 0 Å². The van der Waals surface area contributed by atoms with Crippen molar-refractivity contribution in [2.75, 3.05) is 0 Å². The van der Waals surface area contributed by atoms with Crippen LogP contribution in [0.15, 0.2) is 29.2 Å². The van der Waals surface area contributed by atoms with Gasteiger partial charge in [0.25, 0.3) is 0 Å². The van der Waals surface area contributed by atoms with Crippen LogP contribution in [0.5, 0.6) is 0 Å². The zero-order valence-electron chi connectivity index (χ0n) is 8.66. The van der Waals surface area contributed by atoms with Crippen molar-refractivity contribution in [3.05, 3.63) is 29.8 Å². The summed E-state index contributed by atoms with van der Waals surface area (Å²) in [5.74, 6) is 0. The van der Waals surface area contributed by atoms with E-state index in [-0.39, 0.29) is 0 Å². The fourth-order valence-corrected chi connectivity index (χ4v) is 3.50. The van der Waals surface area contributed by atoms with E-state index in [1.807, 2.05) is 25.6 Å². The minimum absolute atomic E-state index is 0.542. The molecule has 2 heteroatoms. The molecule has 0 spiro atoms. The minimum atomic E-state index is -0.542. The Balaban J connectivity index is 2.05. The topological polar surface area (TPSA) is 20.2 Å². The van der Waals surface area contributed by atoms with Crippen molar-refractivity contribution in [3.63, 3.8) is 0 Å². The van der Waals surface area contributed by atoms with Crippen molar-refractivity contribution in [1.29, 1.82) is 0 Å². The predicted molar refractivity (Wildman–Crippen MR) is 60.7 cm³/mol. The average molecular weight is 208 g/mol. The second-order valence-corrected chi connectivity index (χ2v) is 5.91. The first-order valence-electron chi connectivity index (χ1n) is 5.01. The van der Waals surface area contributed by atoms with Gasteiger partial charge in [0.1, 0.15) is 0 Å². The van der Waals surface area contributed by atoms with E-state index in [2.05, 4.69) is 24.3 Å². The van der Waals surface area contributed by atoms with E-state index in [1.165, 1.54) is 10.5 Å². The summed E-state index contributed by atoms with van der Waals surface area (Å²) in [5, 5.41) is 10.3. The third-order valence-corrected chi connectivity index (χ3v) is 3.76. The molecule has 0 fully saturated rings. The monoisotopic (exact) mass is 208 g/mol. The number of aliphatic hydroxyl groups is 1. The number of hydrogen-bond donors (Lipinski definition) is 1. The summed E-state index contributed by atoms with van der Waals surface area (Å²) in [6, 6.07) is 8.53. The first-order valence-corrected chi connectivity index (χ1v) is 5.89. The van der Waals surface area contributed by atoms with Crippen LogP contribution in [-0.2, 0) is 6.42 Å². The molecule has 2 rings (SSSR count). The van der Waals surface area contributed by atoms with Gasteiger partial charge >= 0.3 is 0 Å². The van der Waals surface area contributed by atoms with Crippen LogP contribution in [0.25, 0.3) is 0 Å². The Kier molecular flexibility index (Phi) is 2.58. The van der Waals surface area contributed by atoms with E-state index in [9.17, 15) is 5.11 Å². The summed E-state index contributed by atoms with van der Waals surface area (Å²) >= 11 is 1.90. The van der Waals surface area contributed by atoms with Gasteiger partial charge in [0, 0.05) is 10.1 Å². The molecule has 14 heavy (non-hydrogen) atoms. The van der Waals surface area contributed by atoms with E-state index < -0.39 is 5.60 Å². The van der Waals surface area contributed by atoms with Gasteiger partial charge in [-0.15, -0.1) is 11.8 Å². The molecule has 0 radical (unpaired) electrons. The number of thioether (sulfide) groups is 1. The Morgan fingerprint density at radius 2 is 2.14 bits per heavy atom. The molecule has 1 aliphatic heterocycles.